The van der Waals surface area contributed by atoms with Crippen LogP contribution in [-0.4, -0.2) is 16.6 Å². The van der Waals surface area contributed by atoms with Crippen LogP contribution in [0.25, 0.3) is 0 Å². The van der Waals surface area contributed by atoms with Crippen LogP contribution in [0.2, 0.25) is 0 Å². The van der Waals surface area contributed by atoms with Gasteiger partial charge in [0.25, 0.3) is 0 Å². The van der Waals surface area contributed by atoms with Crippen molar-refractivity contribution in [2.24, 2.45) is 0 Å². The minimum Gasteiger partial charge on any atom is -0.361 e. The minimum absolute atomic E-state index is 0.160. The molecule has 0 unspecified atom stereocenters. The molecule has 3 rings (SSSR count). The fraction of sp³-hybridized carbons (Fsp3) is 0.375. The molecule has 0 bridgehead atoms. The molecule has 1 saturated heterocycles. The maximum atomic E-state index is 13.9. The SMILES string of the molecule is Cc1cc([C@H]2CCCN2Cc2cc(C#N)ccc2F)no1. The van der Waals surface area contributed by atoms with Crippen molar-refractivity contribution in [3.63, 3.8) is 0 Å². The van der Waals surface area contributed by atoms with E-state index in [2.05, 4.69) is 16.1 Å². The van der Waals surface area contributed by atoms with Gasteiger partial charge in [-0.2, -0.15) is 5.26 Å². The Kier molecular flexibility index (Phi) is 3.72. The van der Waals surface area contributed by atoms with Crippen molar-refractivity contribution in [1.82, 2.24) is 10.1 Å². The number of hydrogen-bond acceptors (Lipinski definition) is 4. The second-order valence-electron chi connectivity index (χ2n) is 5.41. The summed E-state index contributed by atoms with van der Waals surface area (Å²) in [6.07, 6.45) is 2.04. The lowest BCUT2D eigenvalue weighted by Gasteiger charge is -2.22. The van der Waals surface area contributed by atoms with Crippen molar-refractivity contribution < 1.29 is 8.91 Å². The molecule has 108 valence electrons. The van der Waals surface area contributed by atoms with Crippen LogP contribution in [0.15, 0.2) is 28.8 Å². The molecule has 1 aromatic carbocycles. The summed E-state index contributed by atoms with van der Waals surface area (Å²) in [6, 6.07) is 8.63. The third-order valence-electron chi connectivity index (χ3n) is 3.90. The van der Waals surface area contributed by atoms with Crippen molar-refractivity contribution in [3.05, 3.63) is 52.7 Å². The first-order valence-electron chi connectivity index (χ1n) is 7.03. The second-order valence-corrected chi connectivity index (χ2v) is 5.41. The number of aryl methyl sites for hydroxylation is 1. The highest BCUT2D eigenvalue weighted by Gasteiger charge is 2.29. The maximum Gasteiger partial charge on any atom is 0.133 e. The van der Waals surface area contributed by atoms with E-state index in [1.807, 2.05) is 13.0 Å². The van der Waals surface area contributed by atoms with Gasteiger partial charge in [-0.05, 0) is 44.5 Å². The summed E-state index contributed by atoms with van der Waals surface area (Å²) >= 11 is 0. The quantitative estimate of drug-likeness (QED) is 0.868. The van der Waals surface area contributed by atoms with Gasteiger partial charge in [-0.3, -0.25) is 4.90 Å². The van der Waals surface area contributed by atoms with Crippen molar-refractivity contribution in [1.29, 1.82) is 5.26 Å². The van der Waals surface area contributed by atoms with E-state index in [1.54, 1.807) is 6.07 Å². The number of benzene rings is 1. The second kappa shape index (κ2) is 5.66. The Labute approximate surface area is 122 Å². The smallest absolute Gasteiger partial charge is 0.133 e. The molecule has 0 aliphatic carbocycles. The predicted octanol–water partition coefficient (Wildman–Crippen LogP) is 3.33. The standard InChI is InChI=1S/C16H16FN3O/c1-11-7-15(19-21-11)16-3-2-6-20(16)10-13-8-12(9-18)4-5-14(13)17/h4-5,7-8,16H,2-3,6,10H2,1H3/t16-/m1/s1. The Morgan fingerprint density at radius 2 is 2.33 bits per heavy atom. The number of nitrogens with zero attached hydrogens (tertiary/aromatic N) is 3. The Hall–Kier alpha value is -2.19. The van der Waals surface area contributed by atoms with Crippen LogP contribution in [0.5, 0.6) is 0 Å². The van der Waals surface area contributed by atoms with Gasteiger partial charge < -0.3 is 4.52 Å². The molecule has 4 nitrogen and oxygen atoms in total. The number of rotatable bonds is 3. The largest absolute Gasteiger partial charge is 0.361 e. The van der Waals surface area contributed by atoms with Crippen molar-refractivity contribution in [2.45, 2.75) is 32.4 Å². The van der Waals surface area contributed by atoms with E-state index >= 15 is 0 Å². The van der Waals surface area contributed by atoms with Crippen LogP contribution in [0.1, 0.15) is 41.5 Å². The number of nitriles is 1. The molecular formula is C16H16FN3O. The van der Waals surface area contributed by atoms with Gasteiger partial charge in [0.05, 0.1) is 17.7 Å². The van der Waals surface area contributed by atoms with E-state index in [4.69, 9.17) is 9.78 Å². The van der Waals surface area contributed by atoms with E-state index in [0.717, 1.165) is 30.8 Å². The van der Waals surface area contributed by atoms with Crippen LogP contribution < -0.4 is 0 Å². The van der Waals surface area contributed by atoms with Gasteiger partial charge in [0, 0.05) is 18.2 Å². The van der Waals surface area contributed by atoms with Gasteiger partial charge in [0.2, 0.25) is 0 Å². The van der Waals surface area contributed by atoms with Gasteiger partial charge in [-0.1, -0.05) is 5.16 Å². The first kappa shape index (κ1) is 13.8. The zero-order valence-corrected chi connectivity index (χ0v) is 11.8. The van der Waals surface area contributed by atoms with Crippen LogP contribution in [0.4, 0.5) is 4.39 Å². The summed E-state index contributed by atoms with van der Waals surface area (Å²) in [5.74, 6) is 0.519. The average molecular weight is 285 g/mol. The van der Waals surface area contributed by atoms with E-state index in [-0.39, 0.29) is 11.9 Å². The molecule has 1 fully saturated rings. The molecule has 0 amide bonds. The molecule has 0 radical (unpaired) electrons. The third-order valence-corrected chi connectivity index (χ3v) is 3.90. The molecule has 0 saturated carbocycles. The molecule has 0 N–H and O–H groups in total. The number of aromatic nitrogens is 1. The molecule has 21 heavy (non-hydrogen) atoms. The summed E-state index contributed by atoms with van der Waals surface area (Å²) in [6.45, 7) is 3.25. The average Bonchev–Trinajstić information content (AvgIpc) is 3.10. The van der Waals surface area contributed by atoms with Crippen molar-refractivity contribution in [2.75, 3.05) is 6.54 Å². The molecule has 2 aromatic rings. The summed E-state index contributed by atoms with van der Waals surface area (Å²) in [4.78, 5) is 2.19. The van der Waals surface area contributed by atoms with Crippen LogP contribution >= 0.6 is 0 Å². The Morgan fingerprint density at radius 1 is 1.48 bits per heavy atom. The molecule has 1 aliphatic rings. The fourth-order valence-electron chi connectivity index (χ4n) is 2.88. The molecular weight excluding hydrogens is 269 g/mol. The number of hydrogen-bond donors (Lipinski definition) is 0. The van der Waals surface area contributed by atoms with Gasteiger partial charge >= 0.3 is 0 Å². The molecule has 2 heterocycles. The van der Waals surface area contributed by atoms with Gasteiger partial charge in [-0.15, -0.1) is 0 Å². The molecule has 1 atom stereocenters. The van der Waals surface area contributed by atoms with Crippen LogP contribution in [0, 0.1) is 24.1 Å². The van der Waals surface area contributed by atoms with Gasteiger partial charge in [0.1, 0.15) is 17.3 Å². The van der Waals surface area contributed by atoms with E-state index < -0.39 is 0 Å². The van der Waals surface area contributed by atoms with Crippen molar-refractivity contribution >= 4 is 0 Å². The lowest BCUT2D eigenvalue weighted by Crippen LogP contribution is -2.23. The molecule has 1 aromatic heterocycles. The monoisotopic (exact) mass is 285 g/mol. The van der Waals surface area contributed by atoms with Crippen LogP contribution in [-0.2, 0) is 6.54 Å². The summed E-state index contributed by atoms with van der Waals surface area (Å²) in [5.41, 5.74) is 1.95. The first-order valence-corrected chi connectivity index (χ1v) is 7.03. The highest BCUT2D eigenvalue weighted by atomic mass is 19.1. The lowest BCUT2D eigenvalue weighted by atomic mass is 10.1. The minimum atomic E-state index is -0.268. The zero-order chi connectivity index (χ0) is 14.8. The summed E-state index contributed by atoms with van der Waals surface area (Å²) < 4.78 is 19.1. The normalized spacial score (nSPS) is 18.8. The Bertz CT molecular complexity index is 689. The van der Waals surface area contributed by atoms with Gasteiger partial charge in [0.15, 0.2) is 0 Å². The third kappa shape index (κ3) is 2.81. The molecule has 0 spiro atoms. The fourth-order valence-corrected chi connectivity index (χ4v) is 2.88. The highest BCUT2D eigenvalue weighted by Crippen LogP contribution is 2.33. The van der Waals surface area contributed by atoms with E-state index in [0.29, 0.717) is 17.7 Å². The number of likely N-dealkylation sites (tertiary alicyclic amines) is 1. The van der Waals surface area contributed by atoms with Crippen LogP contribution in [0.3, 0.4) is 0 Å². The lowest BCUT2D eigenvalue weighted by molar-refractivity contribution is 0.233. The highest BCUT2D eigenvalue weighted by molar-refractivity contribution is 5.33. The van der Waals surface area contributed by atoms with E-state index in [1.165, 1.54) is 12.1 Å². The zero-order valence-electron chi connectivity index (χ0n) is 11.8. The molecule has 5 heteroatoms. The number of halogens is 1. The van der Waals surface area contributed by atoms with Gasteiger partial charge in [-0.25, -0.2) is 4.39 Å². The predicted molar refractivity (Wildman–Crippen MR) is 74.7 cm³/mol. The Balaban J connectivity index is 1.82. The topological polar surface area (TPSA) is 53.1 Å². The maximum absolute atomic E-state index is 13.9. The van der Waals surface area contributed by atoms with E-state index in [9.17, 15) is 4.39 Å². The summed E-state index contributed by atoms with van der Waals surface area (Å²) in [7, 11) is 0. The first-order chi connectivity index (χ1) is 10.2. The Morgan fingerprint density at radius 3 is 3.05 bits per heavy atom. The summed E-state index contributed by atoms with van der Waals surface area (Å²) in [5, 5.41) is 13.0. The molecule has 1 aliphatic heterocycles. The van der Waals surface area contributed by atoms with Crippen molar-refractivity contribution in [3.8, 4) is 6.07 Å².